The maximum Gasteiger partial charge on any atom is 0.0591 e. The summed E-state index contributed by atoms with van der Waals surface area (Å²) in [6.07, 6.45) is 6.78. The van der Waals surface area contributed by atoms with Gasteiger partial charge in [0.05, 0.1) is 6.61 Å². The number of hydrogen-bond donors (Lipinski definition) is 1. The second kappa shape index (κ2) is 8.26. The van der Waals surface area contributed by atoms with Gasteiger partial charge in [-0.2, -0.15) is 0 Å². The Hall–Kier alpha value is -0.0800. The summed E-state index contributed by atoms with van der Waals surface area (Å²) in [7, 11) is 0. The van der Waals surface area contributed by atoms with Crippen LogP contribution in [0.2, 0.25) is 0 Å². The van der Waals surface area contributed by atoms with Gasteiger partial charge in [-0.05, 0) is 42.9 Å². The Morgan fingerprint density at radius 1 is 1.16 bits per heavy atom. The molecule has 1 rings (SSSR count). The normalized spacial score (nSPS) is 24.9. The van der Waals surface area contributed by atoms with E-state index in [0.717, 1.165) is 31.7 Å². The van der Waals surface area contributed by atoms with Crippen LogP contribution in [0, 0.1) is 17.3 Å². The average molecular weight is 269 g/mol. The molecule has 0 aromatic heterocycles. The molecule has 114 valence electrons. The minimum Gasteiger partial charge on any atom is -0.380 e. The topological polar surface area (TPSA) is 21.3 Å². The van der Waals surface area contributed by atoms with Crippen LogP contribution in [0.25, 0.3) is 0 Å². The summed E-state index contributed by atoms with van der Waals surface area (Å²) in [5, 5.41) is 3.66. The standard InChI is InChI=1S/C17H35NO/c1-6-17(4,5)15-7-9-16(10-8-15)18-11-12-19-13-14(2)3/h14-16,18H,6-13H2,1-5H3. The van der Waals surface area contributed by atoms with Crippen LogP contribution in [0.1, 0.15) is 66.7 Å². The molecular formula is C17H35NO. The van der Waals surface area contributed by atoms with Crippen LogP contribution in [-0.4, -0.2) is 25.8 Å². The van der Waals surface area contributed by atoms with Gasteiger partial charge in [-0.3, -0.25) is 0 Å². The highest BCUT2D eigenvalue weighted by atomic mass is 16.5. The molecule has 0 aromatic carbocycles. The number of hydrogen-bond acceptors (Lipinski definition) is 2. The molecule has 19 heavy (non-hydrogen) atoms. The molecule has 0 saturated heterocycles. The van der Waals surface area contributed by atoms with Crippen molar-refractivity contribution in [1.29, 1.82) is 0 Å². The summed E-state index contributed by atoms with van der Waals surface area (Å²) in [6, 6.07) is 0.728. The fraction of sp³-hybridized carbons (Fsp3) is 1.00. The molecular weight excluding hydrogens is 234 g/mol. The third-order valence-corrected chi connectivity index (χ3v) is 4.87. The molecule has 0 bridgehead atoms. The van der Waals surface area contributed by atoms with E-state index in [0.29, 0.717) is 11.3 Å². The molecule has 0 atom stereocenters. The van der Waals surface area contributed by atoms with Gasteiger partial charge >= 0.3 is 0 Å². The van der Waals surface area contributed by atoms with Gasteiger partial charge in [0.2, 0.25) is 0 Å². The van der Waals surface area contributed by atoms with E-state index in [2.05, 4.69) is 39.9 Å². The molecule has 0 unspecified atom stereocenters. The Labute approximate surface area is 120 Å². The molecule has 0 aliphatic heterocycles. The number of ether oxygens (including phenoxy) is 1. The second-order valence-corrected chi connectivity index (χ2v) is 7.31. The lowest BCUT2D eigenvalue weighted by atomic mass is 9.69. The third kappa shape index (κ3) is 6.27. The van der Waals surface area contributed by atoms with E-state index in [-0.39, 0.29) is 0 Å². The third-order valence-electron chi connectivity index (χ3n) is 4.87. The minimum atomic E-state index is 0.533. The molecule has 1 saturated carbocycles. The van der Waals surface area contributed by atoms with E-state index in [1.807, 2.05) is 0 Å². The SMILES string of the molecule is CCC(C)(C)C1CCC(NCCOCC(C)C)CC1. The average Bonchev–Trinajstić information content (AvgIpc) is 2.38. The second-order valence-electron chi connectivity index (χ2n) is 7.31. The van der Waals surface area contributed by atoms with Gasteiger partial charge in [0.1, 0.15) is 0 Å². The first kappa shape index (κ1) is 17.0. The summed E-state index contributed by atoms with van der Waals surface area (Å²) in [6.45, 7) is 14.4. The highest BCUT2D eigenvalue weighted by Gasteiger charge is 2.31. The lowest BCUT2D eigenvalue weighted by molar-refractivity contribution is 0.102. The maximum absolute atomic E-state index is 5.62. The molecule has 1 N–H and O–H groups in total. The lowest BCUT2D eigenvalue weighted by Crippen LogP contribution is -2.38. The fourth-order valence-electron chi connectivity index (χ4n) is 3.02. The molecule has 0 radical (unpaired) electrons. The smallest absolute Gasteiger partial charge is 0.0591 e. The van der Waals surface area contributed by atoms with Gasteiger partial charge in [-0.15, -0.1) is 0 Å². The minimum absolute atomic E-state index is 0.533. The highest BCUT2D eigenvalue weighted by molar-refractivity contribution is 4.84. The molecule has 1 fully saturated rings. The van der Waals surface area contributed by atoms with Crippen LogP contribution in [0.15, 0.2) is 0 Å². The van der Waals surface area contributed by atoms with Crippen LogP contribution in [-0.2, 0) is 4.74 Å². The van der Waals surface area contributed by atoms with Crippen LogP contribution in [0.4, 0.5) is 0 Å². The molecule has 0 aromatic rings. The lowest BCUT2D eigenvalue weighted by Gasteiger charge is -2.39. The van der Waals surface area contributed by atoms with Gasteiger partial charge < -0.3 is 10.1 Å². The van der Waals surface area contributed by atoms with Crippen LogP contribution in [0.5, 0.6) is 0 Å². The van der Waals surface area contributed by atoms with Gasteiger partial charge in [0, 0.05) is 19.2 Å². The Morgan fingerprint density at radius 3 is 2.32 bits per heavy atom. The molecule has 2 nitrogen and oxygen atoms in total. The van der Waals surface area contributed by atoms with Crippen molar-refractivity contribution in [2.75, 3.05) is 19.8 Å². The van der Waals surface area contributed by atoms with Crippen molar-refractivity contribution in [2.45, 2.75) is 72.8 Å². The summed E-state index contributed by atoms with van der Waals surface area (Å²) in [5.41, 5.74) is 0.533. The Balaban J connectivity index is 2.10. The van der Waals surface area contributed by atoms with E-state index in [1.165, 1.54) is 32.1 Å². The van der Waals surface area contributed by atoms with Gasteiger partial charge in [0.15, 0.2) is 0 Å². The van der Waals surface area contributed by atoms with Crippen molar-refractivity contribution in [2.24, 2.45) is 17.3 Å². The largest absolute Gasteiger partial charge is 0.380 e. The van der Waals surface area contributed by atoms with Gasteiger partial charge in [-0.25, -0.2) is 0 Å². The fourth-order valence-corrected chi connectivity index (χ4v) is 3.02. The van der Waals surface area contributed by atoms with E-state index in [1.54, 1.807) is 0 Å². The Kier molecular flexibility index (Phi) is 7.38. The Morgan fingerprint density at radius 2 is 1.79 bits per heavy atom. The summed E-state index contributed by atoms with van der Waals surface area (Å²) in [4.78, 5) is 0. The monoisotopic (exact) mass is 269 g/mol. The predicted molar refractivity (Wildman–Crippen MR) is 83.5 cm³/mol. The Bertz CT molecular complexity index is 229. The zero-order valence-corrected chi connectivity index (χ0v) is 13.8. The molecule has 1 aliphatic carbocycles. The van der Waals surface area contributed by atoms with E-state index in [9.17, 15) is 0 Å². The zero-order chi connectivity index (χ0) is 14.3. The van der Waals surface area contributed by atoms with Gasteiger partial charge in [0.25, 0.3) is 0 Å². The quantitative estimate of drug-likeness (QED) is 0.665. The molecule has 2 heteroatoms. The van der Waals surface area contributed by atoms with Crippen molar-refractivity contribution >= 4 is 0 Å². The van der Waals surface area contributed by atoms with Crippen LogP contribution < -0.4 is 5.32 Å². The van der Waals surface area contributed by atoms with Crippen molar-refractivity contribution in [3.8, 4) is 0 Å². The predicted octanol–water partition coefficient (Wildman–Crippen LogP) is 4.24. The number of rotatable bonds is 8. The first-order chi connectivity index (χ1) is 8.95. The first-order valence-corrected chi connectivity index (χ1v) is 8.26. The molecule has 1 aliphatic rings. The summed E-state index contributed by atoms with van der Waals surface area (Å²) < 4.78 is 5.62. The van der Waals surface area contributed by atoms with Crippen molar-refractivity contribution < 1.29 is 4.74 Å². The molecule has 0 heterocycles. The van der Waals surface area contributed by atoms with Gasteiger partial charge in [-0.1, -0.05) is 41.0 Å². The van der Waals surface area contributed by atoms with Crippen LogP contribution >= 0.6 is 0 Å². The van der Waals surface area contributed by atoms with Crippen molar-refractivity contribution in [1.82, 2.24) is 5.32 Å². The zero-order valence-electron chi connectivity index (χ0n) is 13.8. The van der Waals surface area contributed by atoms with Crippen molar-refractivity contribution in [3.05, 3.63) is 0 Å². The van der Waals surface area contributed by atoms with E-state index in [4.69, 9.17) is 4.74 Å². The first-order valence-electron chi connectivity index (χ1n) is 8.26. The van der Waals surface area contributed by atoms with E-state index < -0.39 is 0 Å². The molecule has 0 amide bonds. The summed E-state index contributed by atoms with van der Waals surface area (Å²) in [5.74, 6) is 1.57. The highest BCUT2D eigenvalue weighted by Crippen LogP contribution is 2.40. The van der Waals surface area contributed by atoms with Crippen molar-refractivity contribution in [3.63, 3.8) is 0 Å². The van der Waals surface area contributed by atoms with Crippen LogP contribution in [0.3, 0.4) is 0 Å². The maximum atomic E-state index is 5.62. The summed E-state index contributed by atoms with van der Waals surface area (Å²) >= 11 is 0. The molecule has 0 spiro atoms. The number of nitrogens with one attached hydrogen (secondary N) is 1. The van der Waals surface area contributed by atoms with E-state index >= 15 is 0 Å².